The zero-order chi connectivity index (χ0) is 14.9. The van der Waals surface area contributed by atoms with Gasteiger partial charge in [0, 0.05) is 6.07 Å². The highest BCUT2D eigenvalue weighted by Crippen LogP contribution is 2.19. The number of hydrogen-bond acceptors (Lipinski definition) is 3. The Morgan fingerprint density at radius 1 is 1.40 bits per heavy atom. The van der Waals surface area contributed by atoms with Gasteiger partial charge in [-0.25, -0.2) is 9.48 Å². The summed E-state index contributed by atoms with van der Waals surface area (Å²) in [6.07, 6.45) is 0. The fourth-order valence-corrected chi connectivity index (χ4v) is 2.01. The lowest BCUT2D eigenvalue weighted by Gasteiger charge is -2.05. The summed E-state index contributed by atoms with van der Waals surface area (Å²) >= 11 is 0. The summed E-state index contributed by atoms with van der Waals surface area (Å²) in [7, 11) is 1.53. The van der Waals surface area contributed by atoms with E-state index < -0.39 is 11.5 Å². The number of H-pyrrole nitrogens is 1. The van der Waals surface area contributed by atoms with Crippen LogP contribution in [0.1, 0.15) is 35.8 Å². The molecule has 1 heterocycles. The molecule has 2 rings (SSSR count). The zero-order valence-corrected chi connectivity index (χ0v) is 11.5. The normalized spacial score (nSPS) is 10.8. The van der Waals surface area contributed by atoms with Crippen LogP contribution in [0, 0.1) is 0 Å². The SMILES string of the molecule is COc1cccc(-n2[nH]c(C(C)C)c(C(=O)O)c2=O)c1. The average Bonchev–Trinajstić information content (AvgIpc) is 2.77. The highest BCUT2D eigenvalue weighted by Gasteiger charge is 2.23. The highest BCUT2D eigenvalue weighted by molar-refractivity contribution is 5.88. The molecule has 0 bridgehead atoms. The Morgan fingerprint density at radius 2 is 2.10 bits per heavy atom. The smallest absolute Gasteiger partial charge is 0.343 e. The number of carboxylic acid groups (broad SMARTS) is 1. The molecule has 0 unspecified atom stereocenters. The summed E-state index contributed by atoms with van der Waals surface area (Å²) < 4.78 is 6.33. The number of benzene rings is 1. The molecule has 6 nitrogen and oxygen atoms in total. The fraction of sp³-hybridized carbons (Fsp3) is 0.286. The third-order valence-corrected chi connectivity index (χ3v) is 3.02. The first-order valence-electron chi connectivity index (χ1n) is 6.18. The Labute approximate surface area is 115 Å². The number of aromatic amines is 1. The lowest BCUT2D eigenvalue weighted by molar-refractivity contribution is 0.0694. The number of aromatic carboxylic acids is 1. The average molecular weight is 276 g/mol. The molecule has 0 aliphatic rings. The van der Waals surface area contributed by atoms with Crippen LogP contribution in [0.15, 0.2) is 29.1 Å². The standard InChI is InChI=1S/C14H16N2O4/c1-8(2)12-11(14(18)19)13(17)16(15-12)9-5-4-6-10(7-9)20-3/h4-8,15H,1-3H3,(H,18,19). The molecule has 0 spiro atoms. The lowest BCUT2D eigenvalue weighted by Crippen LogP contribution is -2.20. The van der Waals surface area contributed by atoms with E-state index in [9.17, 15) is 14.7 Å². The van der Waals surface area contributed by atoms with E-state index in [4.69, 9.17) is 4.74 Å². The number of nitrogens with zero attached hydrogens (tertiary/aromatic N) is 1. The number of methoxy groups -OCH3 is 1. The van der Waals surface area contributed by atoms with Gasteiger partial charge in [0.2, 0.25) is 0 Å². The number of hydrogen-bond donors (Lipinski definition) is 2. The Hall–Kier alpha value is -2.50. The van der Waals surface area contributed by atoms with Crippen LogP contribution in [0.3, 0.4) is 0 Å². The molecular weight excluding hydrogens is 260 g/mol. The minimum Gasteiger partial charge on any atom is -0.497 e. The summed E-state index contributed by atoms with van der Waals surface area (Å²) in [5, 5.41) is 12.1. The van der Waals surface area contributed by atoms with Crippen molar-refractivity contribution in [2.24, 2.45) is 0 Å². The first-order valence-corrected chi connectivity index (χ1v) is 6.18. The number of nitrogens with one attached hydrogen (secondary N) is 1. The second kappa shape index (κ2) is 5.24. The van der Waals surface area contributed by atoms with E-state index in [2.05, 4.69) is 5.10 Å². The molecule has 2 aromatic rings. The molecular formula is C14H16N2O4. The molecule has 0 radical (unpaired) electrons. The minimum absolute atomic E-state index is 0.0966. The molecule has 0 saturated heterocycles. The number of carbonyl (C=O) groups is 1. The number of rotatable bonds is 4. The van der Waals surface area contributed by atoms with Crippen LogP contribution in [-0.2, 0) is 0 Å². The van der Waals surface area contributed by atoms with Crippen molar-refractivity contribution in [3.8, 4) is 11.4 Å². The van der Waals surface area contributed by atoms with Gasteiger partial charge < -0.3 is 9.84 Å². The number of carboxylic acids is 1. The molecule has 1 aromatic heterocycles. The molecule has 2 N–H and O–H groups in total. The van der Waals surface area contributed by atoms with Crippen molar-refractivity contribution in [3.05, 3.63) is 45.9 Å². The minimum atomic E-state index is -1.23. The third-order valence-electron chi connectivity index (χ3n) is 3.02. The highest BCUT2D eigenvalue weighted by atomic mass is 16.5. The van der Waals surface area contributed by atoms with Gasteiger partial charge in [-0.15, -0.1) is 0 Å². The largest absolute Gasteiger partial charge is 0.497 e. The van der Waals surface area contributed by atoms with Gasteiger partial charge in [-0.2, -0.15) is 0 Å². The first kappa shape index (κ1) is 13.9. The summed E-state index contributed by atoms with van der Waals surface area (Å²) in [6.45, 7) is 3.65. The van der Waals surface area contributed by atoms with Crippen LogP contribution < -0.4 is 10.3 Å². The van der Waals surface area contributed by atoms with Crippen molar-refractivity contribution in [2.75, 3.05) is 7.11 Å². The van der Waals surface area contributed by atoms with Crippen LogP contribution in [0.2, 0.25) is 0 Å². The van der Waals surface area contributed by atoms with E-state index in [-0.39, 0.29) is 11.5 Å². The Bertz CT molecular complexity index is 697. The van der Waals surface area contributed by atoms with Gasteiger partial charge >= 0.3 is 5.97 Å². The monoisotopic (exact) mass is 276 g/mol. The fourth-order valence-electron chi connectivity index (χ4n) is 2.01. The van der Waals surface area contributed by atoms with E-state index in [0.29, 0.717) is 17.1 Å². The van der Waals surface area contributed by atoms with Crippen molar-refractivity contribution in [3.63, 3.8) is 0 Å². The van der Waals surface area contributed by atoms with Gasteiger partial charge in [0.15, 0.2) is 0 Å². The van der Waals surface area contributed by atoms with Crippen molar-refractivity contribution >= 4 is 5.97 Å². The summed E-state index contributed by atoms with van der Waals surface area (Å²) in [5.41, 5.74) is 0.145. The summed E-state index contributed by atoms with van der Waals surface area (Å²) in [6, 6.07) is 6.85. The zero-order valence-electron chi connectivity index (χ0n) is 11.5. The van der Waals surface area contributed by atoms with E-state index in [1.54, 1.807) is 24.3 Å². The van der Waals surface area contributed by atoms with Gasteiger partial charge in [-0.3, -0.25) is 9.89 Å². The van der Waals surface area contributed by atoms with E-state index in [1.165, 1.54) is 11.8 Å². The molecule has 0 aliphatic carbocycles. The maximum Gasteiger partial charge on any atom is 0.343 e. The molecule has 0 fully saturated rings. The molecule has 0 saturated carbocycles. The van der Waals surface area contributed by atoms with Crippen LogP contribution in [0.5, 0.6) is 5.75 Å². The third kappa shape index (κ3) is 2.32. The predicted molar refractivity (Wildman–Crippen MR) is 74.0 cm³/mol. The van der Waals surface area contributed by atoms with Crippen LogP contribution in [0.25, 0.3) is 5.69 Å². The molecule has 6 heteroatoms. The second-order valence-electron chi connectivity index (χ2n) is 4.70. The van der Waals surface area contributed by atoms with Gasteiger partial charge in [0.1, 0.15) is 11.3 Å². The molecule has 20 heavy (non-hydrogen) atoms. The molecule has 0 amide bonds. The predicted octanol–water partition coefficient (Wildman–Crippen LogP) is 2.00. The van der Waals surface area contributed by atoms with Crippen molar-refractivity contribution < 1.29 is 14.6 Å². The number of ether oxygens (including phenoxy) is 1. The van der Waals surface area contributed by atoms with Gasteiger partial charge in [-0.1, -0.05) is 19.9 Å². The first-order chi connectivity index (χ1) is 9.45. The van der Waals surface area contributed by atoms with Gasteiger partial charge in [-0.05, 0) is 18.1 Å². The van der Waals surface area contributed by atoms with Gasteiger partial charge in [0.05, 0.1) is 18.5 Å². The molecule has 0 aliphatic heterocycles. The Balaban J connectivity index is 2.66. The quantitative estimate of drug-likeness (QED) is 0.894. The van der Waals surface area contributed by atoms with Crippen molar-refractivity contribution in [2.45, 2.75) is 19.8 Å². The topological polar surface area (TPSA) is 84.3 Å². The Morgan fingerprint density at radius 3 is 2.60 bits per heavy atom. The summed E-state index contributed by atoms with van der Waals surface area (Å²) in [5.74, 6) is -0.732. The molecule has 1 aromatic carbocycles. The van der Waals surface area contributed by atoms with Crippen LogP contribution in [-0.4, -0.2) is 28.0 Å². The molecule has 0 atom stereocenters. The van der Waals surface area contributed by atoms with E-state index in [1.807, 2.05) is 13.8 Å². The Kier molecular flexibility index (Phi) is 3.65. The van der Waals surface area contributed by atoms with Crippen molar-refractivity contribution in [1.82, 2.24) is 9.78 Å². The van der Waals surface area contributed by atoms with E-state index >= 15 is 0 Å². The van der Waals surface area contributed by atoms with E-state index in [0.717, 1.165) is 0 Å². The lowest BCUT2D eigenvalue weighted by atomic mass is 10.1. The summed E-state index contributed by atoms with van der Waals surface area (Å²) in [4.78, 5) is 23.5. The second-order valence-corrected chi connectivity index (χ2v) is 4.70. The van der Waals surface area contributed by atoms with Crippen LogP contribution in [0.4, 0.5) is 0 Å². The van der Waals surface area contributed by atoms with Gasteiger partial charge in [0.25, 0.3) is 5.56 Å². The maximum atomic E-state index is 12.2. The number of aromatic nitrogens is 2. The maximum absolute atomic E-state index is 12.2. The molecule has 106 valence electrons. The van der Waals surface area contributed by atoms with Crippen molar-refractivity contribution in [1.29, 1.82) is 0 Å². The van der Waals surface area contributed by atoms with Crippen LogP contribution >= 0.6 is 0 Å².